The lowest BCUT2D eigenvalue weighted by molar-refractivity contribution is -0.118. The van der Waals surface area contributed by atoms with Gasteiger partial charge in [0.2, 0.25) is 0 Å². The predicted octanol–water partition coefficient (Wildman–Crippen LogP) is 5.19. The number of nitrogens with one attached hydrogen (secondary N) is 4. The van der Waals surface area contributed by atoms with Crippen molar-refractivity contribution in [3.63, 3.8) is 0 Å². The summed E-state index contributed by atoms with van der Waals surface area (Å²) in [5.41, 5.74) is 1.58. The molecule has 0 fully saturated rings. The smallest absolute Gasteiger partial charge is 0.262 e. The third kappa shape index (κ3) is 9.75. The molecule has 0 aliphatic carbocycles. The van der Waals surface area contributed by atoms with E-state index in [1.54, 1.807) is 97.1 Å². The highest BCUT2D eigenvalue weighted by Gasteiger charge is 2.15. The van der Waals surface area contributed by atoms with Crippen molar-refractivity contribution < 1.29 is 28.7 Å². The van der Waals surface area contributed by atoms with Gasteiger partial charge < -0.3 is 30.7 Å². The maximum Gasteiger partial charge on any atom is 0.262 e. The van der Waals surface area contributed by atoms with Crippen molar-refractivity contribution in [3.05, 3.63) is 118 Å². The largest absolute Gasteiger partial charge is 0.483 e. The Morgan fingerprint density at radius 2 is 0.886 bits per heavy atom. The molecule has 0 atom stereocenters. The Morgan fingerprint density at radius 3 is 1.27 bits per heavy atom. The molecule has 0 aliphatic heterocycles. The van der Waals surface area contributed by atoms with Crippen LogP contribution in [0.3, 0.4) is 0 Å². The Hall–Kier alpha value is -5.06. The van der Waals surface area contributed by atoms with Gasteiger partial charge in [-0.3, -0.25) is 19.2 Å². The first-order valence-electron chi connectivity index (χ1n) is 13.4. The second-order valence-corrected chi connectivity index (χ2v) is 10.1. The van der Waals surface area contributed by atoms with Gasteiger partial charge in [-0.15, -0.1) is 0 Å². The molecule has 12 heteroatoms. The molecule has 0 radical (unpaired) electrons. The molecule has 0 aromatic heterocycles. The molecule has 4 amide bonds. The zero-order valence-corrected chi connectivity index (χ0v) is 24.8. The molecule has 0 unspecified atom stereocenters. The Labute approximate surface area is 263 Å². The summed E-state index contributed by atoms with van der Waals surface area (Å²) in [6, 6.07) is 26.3. The van der Waals surface area contributed by atoms with Gasteiger partial charge in [-0.2, -0.15) is 0 Å². The van der Waals surface area contributed by atoms with E-state index in [4.69, 9.17) is 32.7 Å². The third-order valence-corrected chi connectivity index (χ3v) is 6.44. The summed E-state index contributed by atoms with van der Waals surface area (Å²) in [7, 11) is 0. The number of hydrogen-bond acceptors (Lipinski definition) is 6. The predicted molar refractivity (Wildman–Crippen MR) is 169 cm³/mol. The molecule has 4 aromatic carbocycles. The molecule has 0 saturated carbocycles. The van der Waals surface area contributed by atoms with Gasteiger partial charge in [-0.05, 0) is 72.8 Å². The zero-order valence-electron chi connectivity index (χ0n) is 23.3. The maximum atomic E-state index is 12.8. The molecule has 226 valence electrons. The molecule has 4 aromatic rings. The maximum absolute atomic E-state index is 12.8. The summed E-state index contributed by atoms with van der Waals surface area (Å²) in [4.78, 5) is 50.2. The number of carbonyl (C=O) groups is 4. The van der Waals surface area contributed by atoms with Gasteiger partial charge in [-0.1, -0.05) is 47.5 Å². The van der Waals surface area contributed by atoms with Crippen LogP contribution in [0.1, 0.15) is 20.7 Å². The fourth-order valence-corrected chi connectivity index (χ4v) is 4.10. The monoisotopic (exact) mass is 634 g/mol. The number of carbonyl (C=O) groups excluding carboxylic acids is 4. The molecule has 0 aliphatic rings. The van der Waals surface area contributed by atoms with Crippen LogP contribution >= 0.6 is 23.2 Å². The Bertz CT molecular complexity index is 1490. The van der Waals surface area contributed by atoms with Crippen LogP contribution in [0.2, 0.25) is 10.0 Å². The molecular weight excluding hydrogens is 607 g/mol. The Morgan fingerprint density at radius 1 is 0.523 bits per heavy atom. The normalized spacial score (nSPS) is 10.3. The van der Waals surface area contributed by atoms with E-state index in [1.165, 1.54) is 0 Å². The van der Waals surface area contributed by atoms with Crippen molar-refractivity contribution in [3.8, 4) is 11.5 Å². The first-order chi connectivity index (χ1) is 21.3. The fourth-order valence-electron chi connectivity index (χ4n) is 3.85. The van der Waals surface area contributed by atoms with Crippen molar-refractivity contribution >= 4 is 58.2 Å². The summed E-state index contributed by atoms with van der Waals surface area (Å²) < 4.78 is 11.2. The lowest BCUT2D eigenvalue weighted by Crippen LogP contribution is -2.35. The number of hydrogen-bond donors (Lipinski definition) is 4. The lowest BCUT2D eigenvalue weighted by Gasteiger charge is -2.13. The lowest BCUT2D eigenvalue weighted by atomic mass is 10.2. The molecule has 0 bridgehead atoms. The molecule has 0 heterocycles. The quantitative estimate of drug-likeness (QED) is 0.150. The SMILES string of the molecule is O=C(COc1ccccc1C(=O)NCCNC(=O)c1ccccc1OCC(=O)Nc1ccc(Cl)cc1)Nc1ccc(Cl)cc1. The first kappa shape index (κ1) is 31.9. The Kier molecular flexibility index (Phi) is 11.6. The van der Waals surface area contributed by atoms with Crippen molar-refractivity contribution in [2.24, 2.45) is 0 Å². The average Bonchev–Trinajstić information content (AvgIpc) is 3.03. The standard InChI is InChI=1S/C32H28Cl2N4O6/c33-21-9-13-23(14-10-21)37-29(39)19-43-27-7-3-1-5-25(27)31(41)35-17-18-36-32(42)26-6-2-4-8-28(26)44-20-30(40)38-24-15-11-22(34)12-16-24/h1-16H,17-20H2,(H,35,41)(H,36,42)(H,37,39)(H,38,40). The van der Waals surface area contributed by atoms with Crippen LogP contribution in [0.4, 0.5) is 11.4 Å². The van der Waals surface area contributed by atoms with Gasteiger partial charge in [0.1, 0.15) is 11.5 Å². The molecule has 4 N–H and O–H groups in total. The van der Waals surface area contributed by atoms with Crippen LogP contribution in [-0.4, -0.2) is 49.9 Å². The minimum atomic E-state index is -0.441. The number of anilines is 2. The third-order valence-electron chi connectivity index (χ3n) is 5.93. The van der Waals surface area contributed by atoms with Gasteiger partial charge in [0.05, 0.1) is 11.1 Å². The summed E-state index contributed by atoms with van der Waals surface area (Å²) >= 11 is 11.7. The van der Waals surface area contributed by atoms with Gasteiger partial charge in [-0.25, -0.2) is 0 Å². The van der Waals surface area contributed by atoms with Crippen LogP contribution in [-0.2, 0) is 9.59 Å². The van der Waals surface area contributed by atoms with E-state index in [2.05, 4.69) is 21.3 Å². The minimum Gasteiger partial charge on any atom is -0.483 e. The highest BCUT2D eigenvalue weighted by atomic mass is 35.5. The van der Waals surface area contributed by atoms with Crippen LogP contribution in [0.25, 0.3) is 0 Å². The fraction of sp³-hybridized carbons (Fsp3) is 0.125. The van der Waals surface area contributed by atoms with E-state index in [0.717, 1.165) is 0 Å². The summed E-state index contributed by atoms with van der Waals surface area (Å²) in [6.45, 7) is -0.397. The van der Waals surface area contributed by atoms with Crippen LogP contribution in [0, 0.1) is 0 Å². The molecule has 10 nitrogen and oxygen atoms in total. The number of para-hydroxylation sites is 2. The van der Waals surface area contributed by atoms with Crippen LogP contribution < -0.4 is 30.7 Å². The number of benzene rings is 4. The number of rotatable bonds is 13. The molecular formula is C32H28Cl2N4O6. The second kappa shape index (κ2) is 16.0. The van der Waals surface area contributed by atoms with E-state index in [0.29, 0.717) is 21.4 Å². The average molecular weight is 636 g/mol. The highest BCUT2D eigenvalue weighted by Crippen LogP contribution is 2.20. The van der Waals surface area contributed by atoms with Gasteiger partial charge >= 0.3 is 0 Å². The van der Waals surface area contributed by atoms with E-state index in [1.807, 2.05) is 0 Å². The van der Waals surface area contributed by atoms with Crippen LogP contribution in [0.5, 0.6) is 11.5 Å². The Balaban J connectivity index is 1.22. The topological polar surface area (TPSA) is 135 Å². The highest BCUT2D eigenvalue weighted by molar-refractivity contribution is 6.31. The molecule has 44 heavy (non-hydrogen) atoms. The first-order valence-corrected chi connectivity index (χ1v) is 14.1. The van der Waals surface area contributed by atoms with Crippen molar-refractivity contribution in [1.82, 2.24) is 10.6 Å². The van der Waals surface area contributed by atoms with Crippen LogP contribution in [0.15, 0.2) is 97.1 Å². The molecule has 0 saturated heterocycles. The van der Waals surface area contributed by atoms with E-state index < -0.39 is 23.6 Å². The summed E-state index contributed by atoms with van der Waals surface area (Å²) in [6.07, 6.45) is 0. The van der Waals surface area contributed by atoms with Gasteiger partial charge in [0.15, 0.2) is 13.2 Å². The molecule has 4 rings (SSSR count). The van der Waals surface area contributed by atoms with E-state index in [-0.39, 0.29) is 48.9 Å². The van der Waals surface area contributed by atoms with Crippen molar-refractivity contribution in [1.29, 1.82) is 0 Å². The second-order valence-electron chi connectivity index (χ2n) is 9.19. The van der Waals surface area contributed by atoms with E-state index in [9.17, 15) is 19.2 Å². The van der Waals surface area contributed by atoms with Gasteiger partial charge in [0.25, 0.3) is 23.6 Å². The minimum absolute atomic E-state index is 0.114. The van der Waals surface area contributed by atoms with Crippen molar-refractivity contribution in [2.45, 2.75) is 0 Å². The van der Waals surface area contributed by atoms with E-state index >= 15 is 0 Å². The summed E-state index contributed by atoms with van der Waals surface area (Å²) in [5.74, 6) is -1.24. The zero-order chi connectivity index (χ0) is 31.3. The molecule has 0 spiro atoms. The number of ether oxygens (including phenoxy) is 2. The number of amides is 4. The summed E-state index contributed by atoms with van der Waals surface area (Å²) in [5, 5.41) is 11.9. The van der Waals surface area contributed by atoms with Crippen molar-refractivity contribution in [2.75, 3.05) is 36.9 Å². The van der Waals surface area contributed by atoms with Gasteiger partial charge in [0, 0.05) is 34.5 Å². The number of halogens is 2.